The highest BCUT2D eigenvalue weighted by molar-refractivity contribution is 5.72. The Labute approximate surface area is 386 Å². The molecule has 0 spiro atoms. The van der Waals surface area contributed by atoms with Crippen molar-refractivity contribution in [3.63, 3.8) is 0 Å². The summed E-state index contributed by atoms with van der Waals surface area (Å²) in [6.07, 6.45) is 45.8. The molecular formula is C57H92N2O4. The van der Waals surface area contributed by atoms with E-state index in [0.717, 1.165) is 110 Å². The fourth-order valence-electron chi connectivity index (χ4n) is 12.0. The van der Waals surface area contributed by atoms with Gasteiger partial charge in [-0.05, 0) is 162 Å². The fourth-order valence-corrected chi connectivity index (χ4v) is 12.0. The van der Waals surface area contributed by atoms with Gasteiger partial charge in [0.15, 0.2) is 0 Å². The zero-order valence-corrected chi connectivity index (χ0v) is 40.9. The summed E-state index contributed by atoms with van der Waals surface area (Å²) in [4.78, 5) is 32.8. The summed E-state index contributed by atoms with van der Waals surface area (Å²) in [5, 5.41) is 0. The number of aromatic nitrogens is 2. The lowest BCUT2D eigenvalue weighted by atomic mass is 9.68. The van der Waals surface area contributed by atoms with E-state index in [1.807, 2.05) is 24.3 Å². The lowest BCUT2D eigenvalue weighted by Crippen LogP contribution is -2.26. The Morgan fingerprint density at radius 1 is 0.429 bits per heavy atom. The quantitative estimate of drug-likeness (QED) is 0.0818. The van der Waals surface area contributed by atoms with Gasteiger partial charge in [0.25, 0.3) is 0 Å². The molecule has 0 atom stereocenters. The first-order valence-electron chi connectivity index (χ1n) is 27.2. The molecule has 63 heavy (non-hydrogen) atoms. The second-order valence-corrected chi connectivity index (χ2v) is 21.0. The molecule has 6 rings (SSSR count). The number of hydrogen-bond acceptors (Lipinski definition) is 6. The topological polar surface area (TPSA) is 78.4 Å². The maximum Gasteiger partial charge on any atom is 0.311 e. The second-order valence-electron chi connectivity index (χ2n) is 21.0. The van der Waals surface area contributed by atoms with Crippen LogP contribution in [0.25, 0.3) is 0 Å². The van der Waals surface area contributed by atoms with Crippen molar-refractivity contribution in [2.45, 2.75) is 240 Å². The molecule has 0 N–H and O–H groups in total. The van der Waals surface area contributed by atoms with Gasteiger partial charge in [-0.3, -0.25) is 19.6 Å². The smallest absolute Gasteiger partial charge is 0.311 e. The van der Waals surface area contributed by atoms with Crippen molar-refractivity contribution in [2.75, 3.05) is 0 Å². The molecule has 2 heterocycles. The normalized spacial score (nSPS) is 26.3. The zero-order valence-electron chi connectivity index (χ0n) is 40.9. The molecule has 2 aromatic rings. The van der Waals surface area contributed by atoms with Gasteiger partial charge < -0.3 is 9.47 Å². The first-order valence-corrected chi connectivity index (χ1v) is 27.2. The van der Waals surface area contributed by atoms with E-state index < -0.39 is 0 Å². The highest BCUT2D eigenvalue weighted by Crippen LogP contribution is 2.44. The van der Waals surface area contributed by atoms with Crippen molar-refractivity contribution >= 4 is 11.9 Å². The van der Waals surface area contributed by atoms with Crippen LogP contribution < -0.4 is 9.47 Å². The third-order valence-electron chi connectivity index (χ3n) is 16.2. The van der Waals surface area contributed by atoms with Crippen LogP contribution in [0.5, 0.6) is 11.5 Å². The van der Waals surface area contributed by atoms with Gasteiger partial charge in [0.05, 0.1) is 12.4 Å². The van der Waals surface area contributed by atoms with E-state index in [2.05, 4.69) is 37.7 Å². The second kappa shape index (κ2) is 29.7. The van der Waals surface area contributed by atoms with Crippen molar-refractivity contribution in [2.24, 2.45) is 47.3 Å². The molecule has 6 heteroatoms. The molecule has 0 aliphatic heterocycles. The summed E-state index contributed by atoms with van der Waals surface area (Å²) in [5.74, 6) is 8.73. The molecule has 2 aromatic heterocycles. The van der Waals surface area contributed by atoms with Gasteiger partial charge in [-0.1, -0.05) is 137 Å². The lowest BCUT2D eigenvalue weighted by Gasteiger charge is -2.38. The standard InChI is InChI=1S/C29H47NO2.C28H45NO2/c1-3-5-7-9-29(31)32-28-21-20-27(30-22-28)19-14-24-12-17-26(18-13-24)25-15-10-23(11-16-25)8-6-4-2;1-3-5-6-8-28(30)31-27-20-19-26(29-21-27)18-13-23-11-16-25(17-12-23)24-14-9-22(7-4-2)10-15-24/h20-26H,3-19H2,1-2H3;19-25H,3-18H2,1-2H3/t23-,24-,25-,26-;22-,23-,24-,25-. The monoisotopic (exact) mass is 869 g/mol. The Morgan fingerprint density at radius 3 is 1.10 bits per heavy atom. The largest absolute Gasteiger partial charge is 0.425 e. The molecule has 4 aliphatic rings. The van der Waals surface area contributed by atoms with Crippen molar-refractivity contribution < 1.29 is 19.1 Å². The Morgan fingerprint density at radius 2 is 0.778 bits per heavy atom. The molecule has 0 bridgehead atoms. The van der Waals surface area contributed by atoms with E-state index >= 15 is 0 Å². The van der Waals surface area contributed by atoms with E-state index in [1.165, 1.54) is 148 Å². The summed E-state index contributed by atoms with van der Waals surface area (Å²) >= 11 is 0. The Balaban J connectivity index is 0.000000238. The van der Waals surface area contributed by atoms with Gasteiger partial charge in [-0.15, -0.1) is 0 Å². The third-order valence-corrected chi connectivity index (χ3v) is 16.2. The zero-order chi connectivity index (χ0) is 44.5. The van der Waals surface area contributed by atoms with Crippen molar-refractivity contribution in [1.29, 1.82) is 0 Å². The third kappa shape index (κ3) is 19.3. The number of esters is 2. The van der Waals surface area contributed by atoms with E-state index in [9.17, 15) is 9.59 Å². The minimum Gasteiger partial charge on any atom is -0.425 e. The number of pyridine rings is 2. The number of rotatable bonds is 23. The summed E-state index contributed by atoms with van der Waals surface area (Å²) in [6, 6.07) is 7.89. The molecule has 0 saturated heterocycles. The molecule has 0 radical (unpaired) electrons. The number of ether oxygens (including phenoxy) is 2. The predicted octanol–water partition coefficient (Wildman–Crippen LogP) is 16.2. The Hall–Kier alpha value is -2.76. The van der Waals surface area contributed by atoms with Gasteiger partial charge in [0.1, 0.15) is 11.5 Å². The van der Waals surface area contributed by atoms with Crippen LogP contribution in [0.4, 0.5) is 0 Å². The van der Waals surface area contributed by atoms with E-state index in [0.29, 0.717) is 24.3 Å². The maximum absolute atomic E-state index is 11.9. The van der Waals surface area contributed by atoms with Gasteiger partial charge in [0.2, 0.25) is 0 Å². The molecule has 0 amide bonds. The average Bonchev–Trinajstić information content (AvgIpc) is 3.32. The summed E-state index contributed by atoms with van der Waals surface area (Å²) < 4.78 is 10.8. The first kappa shape index (κ1) is 51.2. The molecule has 0 unspecified atom stereocenters. The summed E-state index contributed by atoms with van der Waals surface area (Å²) in [5.41, 5.74) is 2.26. The van der Waals surface area contributed by atoms with Crippen molar-refractivity contribution in [3.05, 3.63) is 48.0 Å². The average molecular weight is 869 g/mol. The Kier molecular flexibility index (Phi) is 24.2. The van der Waals surface area contributed by atoms with Crippen LogP contribution in [-0.4, -0.2) is 21.9 Å². The molecule has 6 nitrogen and oxygen atoms in total. The van der Waals surface area contributed by atoms with Gasteiger partial charge in [0, 0.05) is 24.2 Å². The minimum absolute atomic E-state index is 0.140. The number of aryl methyl sites for hydroxylation is 2. The van der Waals surface area contributed by atoms with E-state index in [-0.39, 0.29) is 11.9 Å². The lowest BCUT2D eigenvalue weighted by molar-refractivity contribution is -0.135. The van der Waals surface area contributed by atoms with Gasteiger partial charge in [-0.2, -0.15) is 0 Å². The molecular weight excluding hydrogens is 777 g/mol. The molecule has 4 saturated carbocycles. The van der Waals surface area contributed by atoms with Crippen LogP contribution in [-0.2, 0) is 22.4 Å². The predicted molar refractivity (Wildman–Crippen MR) is 261 cm³/mol. The number of carbonyl (C=O) groups is 2. The maximum atomic E-state index is 11.9. The molecule has 4 fully saturated rings. The van der Waals surface area contributed by atoms with Crippen LogP contribution in [0.15, 0.2) is 36.7 Å². The molecule has 354 valence electrons. The number of carbonyl (C=O) groups excluding carboxylic acids is 2. The summed E-state index contributed by atoms with van der Waals surface area (Å²) in [7, 11) is 0. The summed E-state index contributed by atoms with van der Waals surface area (Å²) in [6.45, 7) is 8.93. The number of unbranched alkanes of at least 4 members (excludes halogenated alkanes) is 5. The van der Waals surface area contributed by atoms with Crippen LogP contribution in [0.2, 0.25) is 0 Å². The molecule has 0 aromatic carbocycles. The Bertz CT molecular complexity index is 1490. The van der Waals surface area contributed by atoms with Gasteiger partial charge in [-0.25, -0.2) is 0 Å². The number of hydrogen-bond donors (Lipinski definition) is 0. The number of nitrogens with zero attached hydrogens (tertiary/aromatic N) is 2. The SMILES string of the molecule is CCCCCC(=O)Oc1ccc(CC[C@H]2CC[C@H]([C@H]3CC[C@H](CCC)CC3)CC2)nc1.CCCCCC(=O)Oc1ccc(CC[C@H]2CC[C@H]([C@H]3CC[C@H](CCCC)CC3)CC2)nc1. The van der Waals surface area contributed by atoms with Gasteiger partial charge >= 0.3 is 11.9 Å². The van der Waals surface area contributed by atoms with Crippen LogP contribution in [0.1, 0.15) is 238 Å². The van der Waals surface area contributed by atoms with Crippen molar-refractivity contribution in [1.82, 2.24) is 9.97 Å². The van der Waals surface area contributed by atoms with E-state index in [4.69, 9.17) is 9.47 Å². The minimum atomic E-state index is -0.140. The van der Waals surface area contributed by atoms with Crippen molar-refractivity contribution in [3.8, 4) is 11.5 Å². The van der Waals surface area contributed by atoms with Crippen LogP contribution >= 0.6 is 0 Å². The molecule has 4 aliphatic carbocycles. The first-order chi connectivity index (χ1) is 30.8. The fraction of sp³-hybridized carbons (Fsp3) is 0.789. The van der Waals surface area contributed by atoms with Crippen LogP contribution in [0.3, 0.4) is 0 Å². The van der Waals surface area contributed by atoms with E-state index in [1.54, 1.807) is 12.4 Å². The highest BCUT2D eigenvalue weighted by Gasteiger charge is 2.32. The highest BCUT2D eigenvalue weighted by atomic mass is 16.5. The van der Waals surface area contributed by atoms with Crippen LogP contribution in [0, 0.1) is 47.3 Å².